The second kappa shape index (κ2) is 2.39. The van der Waals surface area contributed by atoms with E-state index in [0.29, 0.717) is 0 Å². The monoisotopic (exact) mass is 168 g/mol. The summed E-state index contributed by atoms with van der Waals surface area (Å²) < 4.78 is 0. The topological polar surface area (TPSA) is 25.8 Å². The minimum absolute atomic E-state index is 0.964. The summed E-state index contributed by atoms with van der Waals surface area (Å²) in [4.78, 5) is 9.01. The Hall–Kier alpha value is -1.70. The molecule has 13 heavy (non-hydrogen) atoms. The van der Waals surface area contributed by atoms with Crippen molar-refractivity contribution in [2.24, 2.45) is 0 Å². The van der Waals surface area contributed by atoms with E-state index in [-0.39, 0.29) is 0 Å². The highest BCUT2D eigenvalue weighted by atomic mass is 14.8. The van der Waals surface area contributed by atoms with Crippen LogP contribution < -0.4 is 10.7 Å². The maximum absolute atomic E-state index is 4.51. The third kappa shape index (κ3) is 0.952. The fourth-order valence-electron chi connectivity index (χ4n) is 1.61. The molecule has 0 saturated carbocycles. The Kier molecular flexibility index (Phi) is 1.25. The van der Waals surface area contributed by atoms with Gasteiger partial charge in [-0.2, -0.15) is 0 Å². The van der Waals surface area contributed by atoms with Crippen LogP contribution in [0.25, 0.3) is 23.2 Å². The van der Waals surface area contributed by atoms with E-state index in [4.69, 9.17) is 0 Å². The largest absolute Gasteiger partial charge is 0.245 e. The molecule has 1 aromatic heterocycles. The molecule has 0 N–H and O–H groups in total. The molecule has 2 heteroatoms. The number of hydrogen-bond acceptors (Lipinski definition) is 2. The van der Waals surface area contributed by atoms with Gasteiger partial charge in [0.05, 0.1) is 21.7 Å². The molecular formula is C11H8N2. The maximum Gasteiger partial charge on any atom is 0.0894 e. The summed E-state index contributed by atoms with van der Waals surface area (Å²) in [5.41, 5.74) is 1.96. The lowest BCUT2D eigenvalue weighted by atomic mass is 10.3. The fourth-order valence-corrected chi connectivity index (χ4v) is 1.61. The van der Waals surface area contributed by atoms with Crippen LogP contribution >= 0.6 is 0 Å². The molecule has 62 valence electrons. The number of aromatic nitrogens is 2. The first kappa shape index (κ1) is 6.78. The Morgan fingerprint density at radius 2 is 1.38 bits per heavy atom. The minimum Gasteiger partial charge on any atom is -0.245 e. The van der Waals surface area contributed by atoms with Gasteiger partial charge in [-0.15, -0.1) is 0 Å². The molecule has 0 unspecified atom stereocenters. The van der Waals surface area contributed by atoms with Crippen LogP contribution in [0.5, 0.6) is 0 Å². The van der Waals surface area contributed by atoms with E-state index in [0.717, 1.165) is 28.2 Å². The number of rotatable bonds is 0. The Morgan fingerprint density at radius 1 is 0.846 bits per heavy atom. The molecule has 1 aliphatic rings. The van der Waals surface area contributed by atoms with Gasteiger partial charge in [0.2, 0.25) is 0 Å². The van der Waals surface area contributed by atoms with Gasteiger partial charge in [-0.25, -0.2) is 9.97 Å². The first-order valence-electron chi connectivity index (χ1n) is 4.37. The van der Waals surface area contributed by atoms with Crippen molar-refractivity contribution in [3.8, 4) is 0 Å². The van der Waals surface area contributed by atoms with Crippen LogP contribution in [0.1, 0.15) is 6.42 Å². The average molecular weight is 168 g/mol. The molecule has 0 saturated heterocycles. The predicted octanol–water partition coefficient (Wildman–Crippen LogP) is 0.594. The Morgan fingerprint density at radius 3 is 1.92 bits per heavy atom. The van der Waals surface area contributed by atoms with Gasteiger partial charge < -0.3 is 0 Å². The second-order valence-electron chi connectivity index (χ2n) is 3.13. The average Bonchev–Trinajstić information content (AvgIpc) is 2.61. The summed E-state index contributed by atoms with van der Waals surface area (Å²) in [6.07, 6.45) is 5.18. The first-order chi connectivity index (χ1) is 6.43. The van der Waals surface area contributed by atoms with Gasteiger partial charge in [0.1, 0.15) is 0 Å². The third-order valence-electron chi connectivity index (χ3n) is 2.25. The second-order valence-corrected chi connectivity index (χ2v) is 3.13. The van der Waals surface area contributed by atoms with E-state index in [9.17, 15) is 0 Å². The minimum atomic E-state index is 0.964. The Labute approximate surface area is 75.3 Å². The van der Waals surface area contributed by atoms with Crippen molar-refractivity contribution in [1.82, 2.24) is 9.97 Å². The van der Waals surface area contributed by atoms with Crippen molar-refractivity contribution in [3.05, 3.63) is 35.0 Å². The zero-order valence-corrected chi connectivity index (χ0v) is 7.07. The summed E-state index contributed by atoms with van der Waals surface area (Å²) in [6, 6.07) is 7.97. The molecule has 0 radical (unpaired) electrons. The number of fused-ring (bicyclic) bond motifs is 2. The number of benzene rings is 1. The van der Waals surface area contributed by atoms with Gasteiger partial charge in [-0.1, -0.05) is 24.3 Å². The van der Waals surface area contributed by atoms with Crippen molar-refractivity contribution < 1.29 is 0 Å². The summed E-state index contributed by atoms with van der Waals surface area (Å²) >= 11 is 0. The summed E-state index contributed by atoms with van der Waals surface area (Å²) in [5, 5.41) is 2.05. The van der Waals surface area contributed by atoms with Crippen molar-refractivity contribution in [2.75, 3.05) is 0 Å². The molecule has 0 spiro atoms. The molecule has 0 atom stereocenters. The van der Waals surface area contributed by atoms with E-state index in [2.05, 4.69) is 22.1 Å². The standard InChI is InChI=1S/C11H8N2/c1-2-5-9-8(4-1)12-10-6-3-7-11(10)13-9/h1-2,4-7H,3H2. The third-order valence-corrected chi connectivity index (χ3v) is 2.25. The van der Waals surface area contributed by atoms with Gasteiger partial charge in [0, 0.05) is 0 Å². The highest BCUT2D eigenvalue weighted by molar-refractivity contribution is 5.73. The molecule has 0 fully saturated rings. The molecule has 2 nitrogen and oxygen atoms in total. The van der Waals surface area contributed by atoms with Crippen LogP contribution in [-0.2, 0) is 0 Å². The molecule has 3 rings (SSSR count). The Balaban J connectivity index is 2.58. The smallest absolute Gasteiger partial charge is 0.0894 e. The number of para-hydroxylation sites is 2. The van der Waals surface area contributed by atoms with Crippen molar-refractivity contribution in [3.63, 3.8) is 0 Å². The summed E-state index contributed by atoms with van der Waals surface area (Å²) in [6.45, 7) is 0. The molecule has 0 bridgehead atoms. The van der Waals surface area contributed by atoms with Gasteiger partial charge in [0.15, 0.2) is 0 Å². The van der Waals surface area contributed by atoms with E-state index in [1.54, 1.807) is 0 Å². The lowest BCUT2D eigenvalue weighted by molar-refractivity contribution is 1.18. The van der Waals surface area contributed by atoms with E-state index < -0.39 is 0 Å². The van der Waals surface area contributed by atoms with Crippen LogP contribution in [0.4, 0.5) is 0 Å². The normalized spacial score (nSPS) is 13.5. The van der Waals surface area contributed by atoms with Crippen molar-refractivity contribution in [2.45, 2.75) is 6.42 Å². The molecule has 1 aromatic carbocycles. The fraction of sp³-hybridized carbons (Fsp3) is 0.0909. The number of nitrogens with zero attached hydrogens (tertiary/aromatic N) is 2. The zero-order chi connectivity index (χ0) is 8.67. The van der Waals surface area contributed by atoms with Crippen LogP contribution in [0, 0.1) is 0 Å². The quantitative estimate of drug-likeness (QED) is 0.575. The van der Waals surface area contributed by atoms with Crippen LogP contribution in [0.15, 0.2) is 24.3 Å². The van der Waals surface area contributed by atoms with E-state index in [1.807, 2.05) is 24.3 Å². The van der Waals surface area contributed by atoms with Crippen molar-refractivity contribution in [1.29, 1.82) is 0 Å². The zero-order valence-electron chi connectivity index (χ0n) is 7.07. The molecule has 0 aliphatic heterocycles. The highest BCUT2D eigenvalue weighted by Gasteiger charge is 1.98. The van der Waals surface area contributed by atoms with Gasteiger partial charge in [-0.05, 0) is 18.6 Å². The lowest BCUT2D eigenvalue weighted by Crippen LogP contribution is -2.28. The summed E-state index contributed by atoms with van der Waals surface area (Å²) in [7, 11) is 0. The molecule has 1 heterocycles. The molecule has 1 aliphatic carbocycles. The van der Waals surface area contributed by atoms with Crippen LogP contribution in [-0.4, -0.2) is 9.97 Å². The van der Waals surface area contributed by atoms with Gasteiger partial charge in [0.25, 0.3) is 0 Å². The highest BCUT2D eigenvalue weighted by Crippen LogP contribution is 2.03. The molecule has 2 aromatic rings. The molecule has 0 amide bonds. The van der Waals surface area contributed by atoms with Crippen LogP contribution in [0.2, 0.25) is 0 Å². The SMILES string of the molecule is C1=c2nc3ccccc3nc2=CC1. The van der Waals surface area contributed by atoms with Crippen LogP contribution in [0.3, 0.4) is 0 Å². The maximum atomic E-state index is 4.51. The number of hydrogen-bond donors (Lipinski definition) is 0. The lowest BCUT2D eigenvalue weighted by Gasteiger charge is -1.93. The Bertz CT molecular complexity index is 532. The molecular weight excluding hydrogens is 160 g/mol. The van der Waals surface area contributed by atoms with Gasteiger partial charge in [-0.3, -0.25) is 0 Å². The first-order valence-corrected chi connectivity index (χ1v) is 4.37. The predicted molar refractivity (Wildman–Crippen MR) is 52.3 cm³/mol. The van der Waals surface area contributed by atoms with E-state index >= 15 is 0 Å². The van der Waals surface area contributed by atoms with Crippen molar-refractivity contribution >= 4 is 23.2 Å². The van der Waals surface area contributed by atoms with Gasteiger partial charge >= 0.3 is 0 Å². The summed E-state index contributed by atoms with van der Waals surface area (Å²) in [5.74, 6) is 0. The van der Waals surface area contributed by atoms with E-state index in [1.165, 1.54) is 0 Å².